The van der Waals surface area contributed by atoms with E-state index in [1.54, 1.807) is 12.1 Å². The Hall–Kier alpha value is -1.92. The fourth-order valence-corrected chi connectivity index (χ4v) is 2.17. The van der Waals surface area contributed by atoms with E-state index in [0.29, 0.717) is 25.4 Å². The summed E-state index contributed by atoms with van der Waals surface area (Å²) in [5.74, 6) is -1.47. The minimum atomic E-state index is -1.07. The fraction of sp³-hybridized carbons (Fsp3) is 0.467. The summed E-state index contributed by atoms with van der Waals surface area (Å²) in [6, 6.07) is 7.05. The molecule has 0 bridgehead atoms. The van der Waals surface area contributed by atoms with E-state index < -0.39 is 18.4 Å². The molecule has 0 spiro atoms. The van der Waals surface area contributed by atoms with Crippen LogP contribution in [-0.2, 0) is 20.9 Å². The molecule has 1 saturated heterocycles. The first-order valence-corrected chi connectivity index (χ1v) is 6.94. The van der Waals surface area contributed by atoms with Crippen molar-refractivity contribution in [2.75, 3.05) is 19.8 Å². The van der Waals surface area contributed by atoms with E-state index in [0.717, 1.165) is 18.4 Å². The zero-order valence-corrected chi connectivity index (χ0v) is 11.7. The first-order valence-electron chi connectivity index (χ1n) is 6.94. The van der Waals surface area contributed by atoms with Crippen LogP contribution in [-0.4, -0.2) is 42.8 Å². The molecule has 0 atom stereocenters. The van der Waals surface area contributed by atoms with Crippen LogP contribution in [0.3, 0.4) is 0 Å². The molecule has 0 radical (unpaired) electrons. The molecule has 1 aliphatic rings. The van der Waals surface area contributed by atoms with E-state index in [-0.39, 0.29) is 6.10 Å². The first-order chi connectivity index (χ1) is 10.2. The average Bonchev–Trinajstić information content (AvgIpc) is 2.52. The van der Waals surface area contributed by atoms with Gasteiger partial charge in [-0.15, -0.1) is 0 Å². The topological polar surface area (TPSA) is 84.9 Å². The number of carbonyl (C=O) groups excluding carboxylic acids is 1. The van der Waals surface area contributed by atoms with Gasteiger partial charge in [-0.1, -0.05) is 18.2 Å². The smallest absolute Gasteiger partial charge is 0.322 e. The monoisotopic (exact) mass is 293 g/mol. The van der Waals surface area contributed by atoms with Crippen LogP contribution in [0.5, 0.6) is 0 Å². The van der Waals surface area contributed by atoms with Crippen LogP contribution in [0.15, 0.2) is 24.3 Å². The third-order valence-corrected chi connectivity index (χ3v) is 3.31. The van der Waals surface area contributed by atoms with Crippen molar-refractivity contribution in [3.63, 3.8) is 0 Å². The predicted octanol–water partition coefficient (Wildman–Crippen LogP) is 1.20. The van der Waals surface area contributed by atoms with Gasteiger partial charge in [0.1, 0.15) is 6.54 Å². The maximum absolute atomic E-state index is 12.0. The van der Waals surface area contributed by atoms with Crippen LogP contribution in [0.2, 0.25) is 0 Å². The van der Waals surface area contributed by atoms with E-state index in [1.165, 1.54) is 0 Å². The maximum Gasteiger partial charge on any atom is 0.322 e. The molecule has 0 saturated carbocycles. The second-order valence-corrected chi connectivity index (χ2v) is 4.86. The van der Waals surface area contributed by atoms with Crippen LogP contribution < -0.4 is 5.32 Å². The average molecular weight is 293 g/mol. The van der Waals surface area contributed by atoms with Crippen LogP contribution >= 0.6 is 0 Å². The summed E-state index contributed by atoms with van der Waals surface area (Å²) >= 11 is 0. The maximum atomic E-state index is 12.0. The molecule has 1 aromatic carbocycles. The number of ether oxygens (including phenoxy) is 2. The Kier molecular flexibility index (Phi) is 5.71. The normalized spacial score (nSPS) is 15.6. The number of nitrogens with one attached hydrogen (secondary N) is 1. The quantitative estimate of drug-likeness (QED) is 0.823. The molecular weight excluding hydrogens is 274 g/mol. The van der Waals surface area contributed by atoms with E-state index in [4.69, 9.17) is 14.6 Å². The number of amides is 1. The summed E-state index contributed by atoms with van der Waals surface area (Å²) in [5.41, 5.74) is 1.21. The summed E-state index contributed by atoms with van der Waals surface area (Å²) in [5, 5.41) is 11.0. The van der Waals surface area contributed by atoms with Crippen molar-refractivity contribution in [1.29, 1.82) is 0 Å². The zero-order chi connectivity index (χ0) is 15.1. The number of hydrogen-bond acceptors (Lipinski definition) is 4. The molecule has 1 aromatic rings. The van der Waals surface area contributed by atoms with Crippen LogP contribution in [0.1, 0.15) is 28.8 Å². The second-order valence-electron chi connectivity index (χ2n) is 4.86. The number of rotatable bonds is 6. The standard InChI is InChI=1S/C15H19NO5/c17-14(18)9-16-15(19)13-4-2-1-3-11(13)10-21-12-5-7-20-8-6-12/h1-4,12H,5-10H2,(H,16,19)(H,17,18). The van der Waals surface area contributed by atoms with Gasteiger partial charge in [0.05, 0.1) is 12.7 Å². The number of carboxylic acid groups (broad SMARTS) is 1. The van der Waals surface area contributed by atoms with E-state index in [9.17, 15) is 9.59 Å². The minimum Gasteiger partial charge on any atom is -0.480 e. The van der Waals surface area contributed by atoms with Crippen molar-refractivity contribution in [3.05, 3.63) is 35.4 Å². The SMILES string of the molecule is O=C(O)CNC(=O)c1ccccc1COC1CCOCC1. The molecule has 0 unspecified atom stereocenters. The Labute approximate surface area is 123 Å². The predicted molar refractivity (Wildman–Crippen MR) is 75.0 cm³/mol. The second kappa shape index (κ2) is 7.75. The highest BCUT2D eigenvalue weighted by atomic mass is 16.5. The number of carboxylic acids is 1. The summed E-state index contributed by atoms with van der Waals surface area (Å²) < 4.78 is 11.1. The van der Waals surface area contributed by atoms with Gasteiger partial charge in [-0.25, -0.2) is 0 Å². The third kappa shape index (κ3) is 4.84. The van der Waals surface area contributed by atoms with Crippen LogP contribution in [0.25, 0.3) is 0 Å². The van der Waals surface area contributed by atoms with Gasteiger partial charge in [-0.05, 0) is 24.5 Å². The molecule has 1 aliphatic heterocycles. The lowest BCUT2D eigenvalue weighted by Crippen LogP contribution is -2.30. The molecule has 2 rings (SSSR count). The Bertz CT molecular complexity index is 497. The summed E-state index contributed by atoms with van der Waals surface area (Å²) in [4.78, 5) is 22.5. The number of hydrogen-bond donors (Lipinski definition) is 2. The lowest BCUT2D eigenvalue weighted by molar-refractivity contribution is -0.135. The van der Waals surface area contributed by atoms with Gasteiger partial charge in [0.25, 0.3) is 5.91 Å². The van der Waals surface area contributed by atoms with Gasteiger partial charge < -0.3 is 19.9 Å². The Morgan fingerprint density at radius 1 is 1.29 bits per heavy atom. The highest BCUT2D eigenvalue weighted by Gasteiger charge is 2.16. The number of aliphatic carboxylic acids is 1. The van der Waals surface area contributed by atoms with Gasteiger partial charge in [-0.2, -0.15) is 0 Å². The molecule has 114 valence electrons. The Balaban J connectivity index is 1.95. The highest BCUT2D eigenvalue weighted by Crippen LogP contribution is 2.16. The van der Waals surface area contributed by atoms with Gasteiger partial charge in [0.15, 0.2) is 0 Å². The van der Waals surface area contributed by atoms with Gasteiger partial charge in [0.2, 0.25) is 0 Å². The van der Waals surface area contributed by atoms with Crippen molar-refractivity contribution in [1.82, 2.24) is 5.32 Å². The van der Waals surface area contributed by atoms with Gasteiger partial charge in [0, 0.05) is 18.8 Å². The zero-order valence-electron chi connectivity index (χ0n) is 11.7. The van der Waals surface area contributed by atoms with Crippen LogP contribution in [0, 0.1) is 0 Å². The largest absolute Gasteiger partial charge is 0.480 e. The van der Waals surface area contributed by atoms with Crippen molar-refractivity contribution < 1.29 is 24.2 Å². The van der Waals surface area contributed by atoms with Crippen molar-refractivity contribution >= 4 is 11.9 Å². The summed E-state index contributed by atoms with van der Waals surface area (Å²) in [7, 11) is 0. The molecule has 6 heteroatoms. The fourth-order valence-electron chi connectivity index (χ4n) is 2.17. The Morgan fingerprint density at radius 2 is 2.00 bits per heavy atom. The molecule has 6 nitrogen and oxygen atoms in total. The molecule has 0 aromatic heterocycles. The van der Waals surface area contributed by atoms with E-state index >= 15 is 0 Å². The summed E-state index contributed by atoms with van der Waals surface area (Å²) in [6.07, 6.45) is 1.86. The van der Waals surface area contributed by atoms with Crippen molar-refractivity contribution in [2.45, 2.75) is 25.6 Å². The minimum absolute atomic E-state index is 0.147. The molecule has 0 aliphatic carbocycles. The molecular formula is C15H19NO5. The first kappa shape index (κ1) is 15.5. The number of benzene rings is 1. The third-order valence-electron chi connectivity index (χ3n) is 3.31. The van der Waals surface area contributed by atoms with Crippen molar-refractivity contribution in [2.24, 2.45) is 0 Å². The number of carbonyl (C=O) groups is 2. The molecule has 1 amide bonds. The van der Waals surface area contributed by atoms with Crippen LogP contribution in [0.4, 0.5) is 0 Å². The molecule has 2 N–H and O–H groups in total. The Morgan fingerprint density at radius 3 is 2.71 bits per heavy atom. The molecule has 1 heterocycles. The summed E-state index contributed by atoms with van der Waals surface area (Å²) in [6.45, 7) is 1.34. The van der Waals surface area contributed by atoms with Gasteiger partial charge >= 0.3 is 5.97 Å². The highest BCUT2D eigenvalue weighted by molar-refractivity contribution is 5.97. The van der Waals surface area contributed by atoms with E-state index in [2.05, 4.69) is 5.32 Å². The molecule has 1 fully saturated rings. The van der Waals surface area contributed by atoms with E-state index in [1.807, 2.05) is 12.1 Å². The molecule has 21 heavy (non-hydrogen) atoms. The van der Waals surface area contributed by atoms with Gasteiger partial charge in [-0.3, -0.25) is 9.59 Å². The van der Waals surface area contributed by atoms with Crippen molar-refractivity contribution in [3.8, 4) is 0 Å². The lowest BCUT2D eigenvalue weighted by atomic mass is 10.1. The lowest BCUT2D eigenvalue weighted by Gasteiger charge is -2.22.